The van der Waals surface area contributed by atoms with Crippen molar-refractivity contribution in [3.05, 3.63) is 59.2 Å². The molecular weight excluding hydrogens is 244 g/mol. The summed E-state index contributed by atoms with van der Waals surface area (Å²) in [6.45, 7) is 2.36. The second-order valence-corrected chi connectivity index (χ2v) is 4.26. The summed E-state index contributed by atoms with van der Waals surface area (Å²) in [7, 11) is 0. The van der Waals surface area contributed by atoms with Crippen LogP contribution in [0.1, 0.15) is 21.5 Å². The predicted molar refractivity (Wildman–Crippen MR) is 70.6 cm³/mol. The quantitative estimate of drug-likeness (QED) is 0.884. The van der Waals surface area contributed by atoms with E-state index < -0.39 is 5.97 Å². The Kier molecular flexibility index (Phi) is 3.71. The van der Waals surface area contributed by atoms with Crippen LogP contribution in [0.2, 0.25) is 0 Å². The maximum atomic E-state index is 10.9. The van der Waals surface area contributed by atoms with Gasteiger partial charge in [0.15, 0.2) is 0 Å². The summed E-state index contributed by atoms with van der Waals surface area (Å²) in [5.74, 6) is -1.04. The first kappa shape index (κ1) is 13.0. The van der Waals surface area contributed by atoms with Gasteiger partial charge in [-0.05, 0) is 30.7 Å². The fraction of sp³-hybridized carbons (Fsp3) is 0.133. The highest BCUT2D eigenvalue weighted by molar-refractivity contribution is 5.91. The van der Waals surface area contributed by atoms with E-state index >= 15 is 0 Å². The minimum Gasteiger partial charge on any atom is -0.507 e. The van der Waals surface area contributed by atoms with E-state index in [0.29, 0.717) is 12.4 Å². The largest absolute Gasteiger partial charge is 0.507 e. The average Bonchev–Trinajstić information content (AvgIpc) is 2.39. The summed E-state index contributed by atoms with van der Waals surface area (Å²) >= 11 is 0. The van der Waals surface area contributed by atoms with Crippen LogP contribution in [0.3, 0.4) is 0 Å². The molecule has 0 aliphatic rings. The van der Waals surface area contributed by atoms with Crippen LogP contribution in [-0.4, -0.2) is 16.2 Å². The van der Waals surface area contributed by atoms with Crippen LogP contribution in [0.15, 0.2) is 42.5 Å². The zero-order chi connectivity index (χ0) is 13.8. The van der Waals surface area contributed by atoms with Gasteiger partial charge in [-0.1, -0.05) is 29.8 Å². The predicted octanol–water partition coefficient (Wildman–Crippen LogP) is 2.98. The summed E-state index contributed by atoms with van der Waals surface area (Å²) in [6, 6.07) is 12.0. The highest BCUT2D eigenvalue weighted by Gasteiger charge is 2.10. The normalized spacial score (nSPS) is 10.2. The number of carboxylic acid groups (broad SMARTS) is 1. The summed E-state index contributed by atoms with van der Waals surface area (Å²) < 4.78 is 5.50. The molecule has 19 heavy (non-hydrogen) atoms. The fourth-order valence-electron chi connectivity index (χ4n) is 1.63. The number of ether oxygens (including phenoxy) is 1. The number of hydrogen-bond donors (Lipinski definition) is 2. The topological polar surface area (TPSA) is 66.8 Å². The molecule has 0 fully saturated rings. The van der Waals surface area contributed by atoms with Crippen molar-refractivity contribution in [3.8, 4) is 11.5 Å². The molecular formula is C15H14O4. The molecule has 0 saturated heterocycles. The molecule has 0 aliphatic carbocycles. The van der Waals surface area contributed by atoms with Gasteiger partial charge in [-0.3, -0.25) is 0 Å². The Morgan fingerprint density at radius 1 is 1.16 bits per heavy atom. The zero-order valence-electron chi connectivity index (χ0n) is 10.5. The molecule has 4 heteroatoms. The van der Waals surface area contributed by atoms with Crippen LogP contribution in [0.25, 0.3) is 0 Å². The van der Waals surface area contributed by atoms with E-state index in [1.54, 1.807) is 0 Å². The third kappa shape index (κ3) is 3.25. The molecule has 98 valence electrons. The molecule has 2 aromatic carbocycles. The maximum Gasteiger partial charge on any atom is 0.339 e. The van der Waals surface area contributed by atoms with Crippen molar-refractivity contribution in [2.75, 3.05) is 0 Å². The van der Waals surface area contributed by atoms with Gasteiger partial charge in [0.2, 0.25) is 0 Å². The van der Waals surface area contributed by atoms with Gasteiger partial charge < -0.3 is 14.9 Å². The molecule has 0 aromatic heterocycles. The van der Waals surface area contributed by atoms with E-state index in [1.165, 1.54) is 23.8 Å². The molecule has 0 atom stereocenters. The monoisotopic (exact) mass is 258 g/mol. The molecule has 0 radical (unpaired) electrons. The lowest BCUT2D eigenvalue weighted by atomic mass is 10.1. The summed E-state index contributed by atoms with van der Waals surface area (Å²) in [5, 5.41) is 18.3. The van der Waals surface area contributed by atoms with Crippen LogP contribution in [0.4, 0.5) is 0 Å². The Hall–Kier alpha value is -2.49. The van der Waals surface area contributed by atoms with Gasteiger partial charge >= 0.3 is 5.97 Å². The molecule has 2 N–H and O–H groups in total. The first-order chi connectivity index (χ1) is 9.06. The lowest BCUT2D eigenvalue weighted by Crippen LogP contribution is -2.00. The maximum absolute atomic E-state index is 10.9. The first-order valence-corrected chi connectivity index (χ1v) is 5.81. The average molecular weight is 258 g/mol. The van der Waals surface area contributed by atoms with Crippen molar-refractivity contribution >= 4 is 5.97 Å². The summed E-state index contributed by atoms with van der Waals surface area (Å²) in [4.78, 5) is 10.9. The van der Waals surface area contributed by atoms with Crippen molar-refractivity contribution in [3.63, 3.8) is 0 Å². The van der Waals surface area contributed by atoms with Crippen molar-refractivity contribution in [2.45, 2.75) is 13.5 Å². The molecule has 0 aliphatic heterocycles. The highest BCUT2D eigenvalue weighted by atomic mass is 16.5. The Balaban J connectivity index is 2.09. The van der Waals surface area contributed by atoms with Gasteiger partial charge in [0, 0.05) is 0 Å². The number of rotatable bonds is 4. The Morgan fingerprint density at radius 2 is 1.84 bits per heavy atom. The van der Waals surface area contributed by atoms with Gasteiger partial charge in [0.1, 0.15) is 23.7 Å². The molecule has 0 bridgehead atoms. The van der Waals surface area contributed by atoms with E-state index in [4.69, 9.17) is 9.84 Å². The van der Waals surface area contributed by atoms with Gasteiger partial charge in [-0.15, -0.1) is 0 Å². The number of aromatic carboxylic acids is 1. The van der Waals surface area contributed by atoms with Gasteiger partial charge in [0.05, 0.1) is 0 Å². The van der Waals surface area contributed by atoms with Gasteiger partial charge in [-0.25, -0.2) is 4.79 Å². The van der Waals surface area contributed by atoms with E-state index in [1.807, 2.05) is 31.2 Å². The molecule has 0 saturated carbocycles. The number of carboxylic acids is 1. The standard InChI is InChI=1S/C15H14O4/c1-10-2-4-11(5-3-10)9-19-12-6-7-14(16)13(8-12)15(17)18/h2-8,16H,9H2,1H3,(H,17,18). The van der Waals surface area contributed by atoms with Crippen LogP contribution >= 0.6 is 0 Å². The summed E-state index contributed by atoms with van der Waals surface area (Å²) in [6.07, 6.45) is 0. The first-order valence-electron chi connectivity index (χ1n) is 5.81. The minimum absolute atomic E-state index is 0.165. The Morgan fingerprint density at radius 3 is 2.47 bits per heavy atom. The lowest BCUT2D eigenvalue weighted by Gasteiger charge is -2.08. The minimum atomic E-state index is -1.18. The fourth-order valence-corrected chi connectivity index (χ4v) is 1.63. The van der Waals surface area contributed by atoms with E-state index in [0.717, 1.165) is 5.56 Å². The van der Waals surface area contributed by atoms with E-state index in [-0.39, 0.29) is 11.3 Å². The van der Waals surface area contributed by atoms with Crippen molar-refractivity contribution in [1.29, 1.82) is 0 Å². The van der Waals surface area contributed by atoms with Crippen LogP contribution in [-0.2, 0) is 6.61 Å². The Bertz CT molecular complexity index is 588. The van der Waals surface area contributed by atoms with Crippen LogP contribution in [0, 0.1) is 6.92 Å². The van der Waals surface area contributed by atoms with Gasteiger partial charge in [0.25, 0.3) is 0 Å². The van der Waals surface area contributed by atoms with Gasteiger partial charge in [-0.2, -0.15) is 0 Å². The number of phenols is 1. The number of carbonyl (C=O) groups is 1. The third-order valence-corrected chi connectivity index (χ3v) is 2.72. The Labute approximate surface area is 110 Å². The number of hydrogen-bond acceptors (Lipinski definition) is 3. The smallest absolute Gasteiger partial charge is 0.339 e. The second kappa shape index (κ2) is 5.44. The SMILES string of the molecule is Cc1ccc(COc2ccc(O)c(C(=O)O)c2)cc1. The second-order valence-electron chi connectivity index (χ2n) is 4.26. The number of aryl methyl sites for hydroxylation is 1. The number of aromatic hydroxyl groups is 1. The van der Waals surface area contributed by atoms with Crippen molar-refractivity contribution in [2.24, 2.45) is 0 Å². The molecule has 0 unspecified atom stereocenters. The van der Waals surface area contributed by atoms with Crippen molar-refractivity contribution in [1.82, 2.24) is 0 Å². The van der Waals surface area contributed by atoms with E-state index in [2.05, 4.69) is 0 Å². The molecule has 0 heterocycles. The molecule has 4 nitrogen and oxygen atoms in total. The summed E-state index contributed by atoms with van der Waals surface area (Å²) in [5.41, 5.74) is 2.00. The number of benzene rings is 2. The zero-order valence-corrected chi connectivity index (χ0v) is 10.5. The molecule has 0 spiro atoms. The molecule has 0 amide bonds. The van der Waals surface area contributed by atoms with Crippen molar-refractivity contribution < 1.29 is 19.7 Å². The highest BCUT2D eigenvalue weighted by Crippen LogP contribution is 2.23. The third-order valence-electron chi connectivity index (χ3n) is 2.72. The molecule has 2 aromatic rings. The van der Waals surface area contributed by atoms with Crippen LogP contribution in [0.5, 0.6) is 11.5 Å². The van der Waals surface area contributed by atoms with Crippen LogP contribution < -0.4 is 4.74 Å². The molecule has 2 rings (SSSR count). The van der Waals surface area contributed by atoms with E-state index in [9.17, 15) is 9.90 Å². The lowest BCUT2D eigenvalue weighted by molar-refractivity contribution is 0.0693.